The van der Waals surface area contributed by atoms with Crippen molar-refractivity contribution in [2.75, 3.05) is 18.0 Å². The largest absolute Gasteiger partial charge is 0.488 e. The molecule has 2 aliphatic rings. The van der Waals surface area contributed by atoms with E-state index in [0.717, 1.165) is 25.1 Å². The van der Waals surface area contributed by atoms with E-state index < -0.39 is 6.10 Å². The number of fused-ring (bicyclic) bond motifs is 1. The molecule has 2 aromatic carbocycles. The SMILES string of the molecule is O[C@@H]1C[C@H]2CN(c3noc(-c4ccccc4)n3)C[C@H]2C[C@H]1Oc1ccc(F)cc1. The molecule has 0 radical (unpaired) electrons. The zero-order valence-corrected chi connectivity index (χ0v) is 15.8. The second-order valence-electron chi connectivity index (χ2n) is 7.84. The number of benzene rings is 2. The Morgan fingerprint density at radius 2 is 1.72 bits per heavy atom. The van der Waals surface area contributed by atoms with Gasteiger partial charge in [0.2, 0.25) is 0 Å². The highest BCUT2D eigenvalue weighted by Crippen LogP contribution is 2.39. The van der Waals surface area contributed by atoms with Gasteiger partial charge in [0.05, 0.1) is 6.10 Å². The molecule has 7 heteroatoms. The van der Waals surface area contributed by atoms with Gasteiger partial charge in [0.15, 0.2) is 0 Å². The molecule has 1 aliphatic carbocycles. The van der Waals surface area contributed by atoms with Crippen molar-refractivity contribution in [3.8, 4) is 17.2 Å². The van der Waals surface area contributed by atoms with E-state index in [1.165, 1.54) is 12.1 Å². The van der Waals surface area contributed by atoms with Crippen molar-refractivity contribution in [1.29, 1.82) is 0 Å². The lowest BCUT2D eigenvalue weighted by atomic mass is 9.78. The first kappa shape index (κ1) is 18.1. The molecule has 0 unspecified atom stereocenters. The average Bonchev–Trinajstić information content (AvgIpc) is 3.38. The van der Waals surface area contributed by atoms with Crippen molar-refractivity contribution < 1.29 is 18.8 Å². The van der Waals surface area contributed by atoms with Crippen molar-refractivity contribution in [1.82, 2.24) is 10.1 Å². The molecule has 0 spiro atoms. The number of ether oxygens (including phenoxy) is 1. The molecule has 2 heterocycles. The highest BCUT2D eigenvalue weighted by Gasteiger charge is 2.43. The van der Waals surface area contributed by atoms with Gasteiger partial charge in [0.1, 0.15) is 17.7 Å². The molecule has 0 bridgehead atoms. The number of halogens is 1. The van der Waals surface area contributed by atoms with E-state index in [9.17, 15) is 9.50 Å². The number of nitrogens with zero attached hydrogens (tertiary/aromatic N) is 3. The van der Waals surface area contributed by atoms with Gasteiger partial charge in [-0.25, -0.2) is 4.39 Å². The van der Waals surface area contributed by atoms with Gasteiger partial charge in [-0.3, -0.25) is 0 Å². The Bertz CT molecular complexity index is 963. The summed E-state index contributed by atoms with van der Waals surface area (Å²) in [6.45, 7) is 1.59. The molecule has 0 amide bonds. The van der Waals surface area contributed by atoms with Crippen LogP contribution in [0.2, 0.25) is 0 Å². The van der Waals surface area contributed by atoms with Gasteiger partial charge >= 0.3 is 0 Å². The predicted octanol–water partition coefficient (Wildman–Crippen LogP) is 3.53. The maximum Gasteiger partial charge on any atom is 0.266 e. The molecule has 1 aliphatic heterocycles. The van der Waals surface area contributed by atoms with Crippen LogP contribution in [0.25, 0.3) is 11.5 Å². The summed E-state index contributed by atoms with van der Waals surface area (Å²) in [4.78, 5) is 6.68. The fourth-order valence-electron chi connectivity index (χ4n) is 4.41. The van der Waals surface area contributed by atoms with Gasteiger partial charge in [0, 0.05) is 18.7 Å². The van der Waals surface area contributed by atoms with Crippen LogP contribution in [0.5, 0.6) is 5.75 Å². The Morgan fingerprint density at radius 1 is 1.00 bits per heavy atom. The zero-order chi connectivity index (χ0) is 19.8. The number of hydrogen-bond acceptors (Lipinski definition) is 6. The third-order valence-electron chi connectivity index (χ3n) is 5.90. The van der Waals surface area contributed by atoms with Crippen LogP contribution >= 0.6 is 0 Å². The van der Waals surface area contributed by atoms with E-state index in [-0.39, 0.29) is 11.9 Å². The topological polar surface area (TPSA) is 71.6 Å². The predicted molar refractivity (Wildman–Crippen MR) is 105 cm³/mol. The molecule has 1 aromatic heterocycles. The number of anilines is 1. The van der Waals surface area contributed by atoms with Gasteiger partial charge in [-0.15, -0.1) is 0 Å². The Labute approximate surface area is 167 Å². The first-order chi connectivity index (χ1) is 14.2. The molecular formula is C22H22FN3O3. The smallest absolute Gasteiger partial charge is 0.266 e. The molecule has 1 saturated carbocycles. The molecule has 6 nitrogen and oxygen atoms in total. The summed E-state index contributed by atoms with van der Waals surface area (Å²) in [5.41, 5.74) is 0.894. The van der Waals surface area contributed by atoms with Crippen LogP contribution in [0.1, 0.15) is 12.8 Å². The quantitative estimate of drug-likeness (QED) is 0.729. The molecule has 1 saturated heterocycles. The van der Waals surface area contributed by atoms with Gasteiger partial charge < -0.3 is 19.3 Å². The summed E-state index contributed by atoms with van der Waals surface area (Å²) in [6, 6.07) is 15.6. The lowest BCUT2D eigenvalue weighted by Gasteiger charge is -2.35. The number of rotatable bonds is 4. The summed E-state index contributed by atoms with van der Waals surface area (Å²) in [6.07, 6.45) is 0.553. The maximum absolute atomic E-state index is 13.1. The van der Waals surface area contributed by atoms with E-state index in [4.69, 9.17) is 9.26 Å². The lowest BCUT2D eigenvalue weighted by Crippen LogP contribution is -2.42. The second kappa shape index (κ2) is 7.48. The van der Waals surface area contributed by atoms with E-state index in [1.54, 1.807) is 12.1 Å². The fourth-order valence-corrected chi connectivity index (χ4v) is 4.41. The highest BCUT2D eigenvalue weighted by molar-refractivity contribution is 5.54. The Kier molecular flexibility index (Phi) is 4.67. The van der Waals surface area contributed by atoms with Gasteiger partial charge in [-0.2, -0.15) is 4.98 Å². The van der Waals surface area contributed by atoms with E-state index >= 15 is 0 Å². The summed E-state index contributed by atoms with van der Waals surface area (Å²) < 4.78 is 24.5. The molecule has 3 aromatic rings. The van der Waals surface area contributed by atoms with Crippen LogP contribution in [0.4, 0.5) is 10.3 Å². The monoisotopic (exact) mass is 395 g/mol. The van der Waals surface area contributed by atoms with Gasteiger partial charge in [-0.05, 0) is 66.2 Å². The fraction of sp³-hybridized carbons (Fsp3) is 0.364. The van der Waals surface area contributed by atoms with Crippen molar-refractivity contribution in [3.05, 3.63) is 60.4 Å². The first-order valence-electron chi connectivity index (χ1n) is 9.90. The van der Waals surface area contributed by atoms with Gasteiger partial charge in [-0.1, -0.05) is 18.2 Å². The second-order valence-corrected chi connectivity index (χ2v) is 7.84. The normalized spacial score (nSPS) is 26.3. The molecule has 29 heavy (non-hydrogen) atoms. The van der Waals surface area contributed by atoms with Crippen LogP contribution in [-0.4, -0.2) is 40.5 Å². The van der Waals surface area contributed by atoms with Crippen molar-refractivity contribution in [2.45, 2.75) is 25.0 Å². The third-order valence-corrected chi connectivity index (χ3v) is 5.90. The number of hydrogen-bond donors (Lipinski definition) is 1. The molecule has 150 valence electrons. The van der Waals surface area contributed by atoms with Crippen LogP contribution in [0.3, 0.4) is 0 Å². The van der Waals surface area contributed by atoms with E-state index in [2.05, 4.69) is 15.0 Å². The van der Waals surface area contributed by atoms with Crippen molar-refractivity contribution in [3.63, 3.8) is 0 Å². The molecule has 1 N–H and O–H groups in total. The van der Waals surface area contributed by atoms with Gasteiger partial charge in [0.25, 0.3) is 11.8 Å². The summed E-state index contributed by atoms with van der Waals surface area (Å²) >= 11 is 0. The Hall–Kier alpha value is -2.93. The third kappa shape index (κ3) is 3.70. The maximum atomic E-state index is 13.1. The number of aliphatic hydroxyl groups excluding tert-OH is 1. The van der Waals surface area contributed by atoms with Crippen LogP contribution in [-0.2, 0) is 0 Å². The summed E-state index contributed by atoms with van der Waals surface area (Å²) in [5.74, 6) is 2.11. The Morgan fingerprint density at radius 3 is 2.48 bits per heavy atom. The summed E-state index contributed by atoms with van der Waals surface area (Å²) in [5, 5.41) is 14.7. The summed E-state index contributed by atoms with van der Waals surface area (Å²) in [7, 11) is 0. The molecule has 5 rings (SSSR count). The minimum atomic E-state index is -0.550. The first-order valence-corrected chi connectivity index (χ1v) is 9.90. The molecule has 4 atom stereocenters. The lowest BCUT2D eigenvalue weighted by molar-refractivity contribution is -0.0231. The Balaban J connectivity index is 1.26. The highest BCUT2D eigenvalue weighted by atomic mass is 19.1. The number of aromatic nitrogens is 2. The van der Waals surface area contributed by atoms with Crippen molar-refractivity contribution in [2.24, 2.45) is 11.8 Å². The van der Waals surface area contributed by atoms with E-state index in [1.807, 2.05) is 30.3 Å². The van der Waals surface area contributed by atoms with Crippen LogP contribution in [0.15, 0.2) is 59.1 Å². The average molecular weight is 395 g/mol. The molecular weight excluding hydrogens is 373 g/mol. The zero-order valence-electron chi connectivity index (χ0n) is 15.8. The minimum absolute atomic E-state index is 0.299. The van der Waals surface area contributed by atoms with Crippen LogP contribution in [0, 0.1) is 17.7 Å². The minimum Gasteiger partial charge on any atom is -0.488 e. The number of aliphatic hydroxyl groups is 1. The molecule has 2 fully saturated rings. The van der Waals surface area contributed by atoms with Crippen LogP contribution < -0.4 is 9.64 Å². The van der Waals surface area contributed by atoms with Crippen molar-refractivity contribution >= 4 is 5.95 Å². The standard InChI is InChI=1S/C22H22FN3O3/c23-17-6-8-18(9-7-17)28-20-11-16-13-26(12-15(16)10-19(20)27)22-24-21(29-25-22)14-4-2-1-3-5-14/h1-9,15-16,19-20,27H,10-13H2/t15-,16+,19+,20+/m0/s1. The van der Waals surface area contributed by atoms with E-state index in [0.29, 0.717) is 35.8 Å².